The fourth-order valence-corrected chi connectivity index (χ4v) is 2.69. The molecule has 0 saturated heterocycles. The van der Waals surface area contributed by atoms with Crippen LogP contribution in [0.4, 0.5) is 13.2 Å². The van der Waals surface area contributed by atoms with Crippen molar-refractivity contribution in [1.82, 2.24) is 10.3 Å². The van der Waals surface area contributed by atoms with E-state index in [1.54, 1.807) is 0 Å². The van der Waals surface area contributed by atoms with Crippen molar-refractivity contribution >= 4 is 21.8 Å². The van der Waals surface area contributed by atoms with Crippen molar-refractivity contribution in [1.29, 1.82) is 0 Å². The summed E-state index contributed by atoms with van der Waals surface area (Å²) in [7, 11) is 0. The molecule has 1 aliphatic rings. The van der Waals surface area contributed by atoms with E-state index in [9.17, 15) is 18.0 Å². The van der Waals surface area contributed by atoms with Crippen LogP contribution in [-0.4, -0.2) is 23.7 Å². The molecule has 1 amide bonds. The summed E-state index contributed by atoms with van der Waals surface area (Å²) in [5, 5.41) is 2.98. The predicted octanol–water partition coefficient (Wildman–Crippen LogP) is 4.20. The molecule has 8 heteroatoms. The van der Waals surface area contributed by atoms with Gasteiger partial charge in [-0.05, 0) is 36.6 Å². The Labute approximate surface area is 150 Å². The number of ether oxygens (including phenoxy) is 1. The first-order chi connectivity index (χ1) is 11.8. The zero-order valence-electron chi connectivity index (χ0n) is 12.9. The molecule has 1 saturated carbocycles. The number of alkyl halides is 3. The largest absolute Gasteiger partial charge is 0.468 e. The average molecular weight is 415 g/mol. The van der Waals surface area contributed by atoms with Gasteiger partial charge in [0.05, 0.1) is 11.1 Å². The zero-order chi connectivity index (χ0) is 18.1. The fourth-order valence-electron chi connectivity index (χ4n) is 2.43. The van der Waals surface area contributed by atoms with Crippen LogP contribution in [0.5, 0.6) is 5.88 Å². The van der Waals surface area contributed by atoms with Crippen LogP contribution in [0, 0.1) is 0 Å². The molecule has 1 fully saturated rings. The number of pyridine rings is 1. The first-order valence-corrected chi connectivity index (χ1v) is 8.31. The van der Waals surface area contributed by atoms with E-state index in [0.717, 1.165) is 22.9 Å². The minimum atomic E-state index is -4.43. The van der Waals surface area contributed by atoms with Gasteiger partial charge in [-0.2, -0.15) is 13.2 Å². The molecule has 1 aromatic carbocycles. The monoisotopic (exact) mass is 414 g/mol. The highest BCUT2D eigenvalue weighted by Crippen LogP contribution is 2.45. The normalized spacial score (nSPS) is 15.5. The van der Waals surface area contributed by atoms with Crippen LogP contribution in [0.15, 0.2) is 47.1 Å². The third-order valence-electron chi connectivity index (χ3n) is 3.88. The summed E-state index contributed by atoms with van der Waals surface area (Å²) in [6.07, 6.45) is -1.55. The summed E-state index contributed by atoms with van der Waals surface area (Å²) in [6.45, 7) is -1.42. The van der Waals surface area contributed by atoms with Crippen molar-refractivity contribution in [2.75, 3.05) is 6.61 Å². The molecule has 1 heterocycles. The number of hydrogen-bond acceptors (Lipinski definition) is 3. The number of carbonyl (C=O) groups excluding carboxylic acids is 1. The second-order valence-corrected chi connectivity index (χ2v) is 6.75. The molecule has 0 aliphatic heterocycles. The Bertz CT molecular complexity index is 757. The van der Waals surface area contributed by atoms with E-state index >= 15 is 0 Å². The zero-order valence-corrected chi connectivity index (χ0v) is 14.5. The van der Waals surface area contributed by atoms with Crippen LogP contribution >= 0.6 is 15.9 Å². The summed E-state index contributed by atoms with van der Waals surface area (Å²) in [6, 6.07) is 10.4. The lowest BCUT2D eigenvalue weighted by molar-refractivity contribution is -0.154. The third kappa shape index (κ3) is 4.50. The van der Waals surface area contributed by atoms with Crippen LogP contribution in [0.3, 0.4) is 0 Å². The van der Waals surface area contributed by atoms with Crippen LogP contribution in [-0.2, 0) is 5.54 Å². The van der Waals surface area contributed by atoms with Crippen molar-refractivity contribution in [3.63, 3.8) is 0 Å². The van der Waals surface area contributed by atoms with E-state index in [2.05, 4.69) is 31.0 Å². The fraction of sp³-hybridized carbons (Fsp3) is 0.294. The molecule has 1 N–H and O–H groups in total. The average Bonchev–Trinajstić information content (AvgIpc) is 3.34. The highest BCUT2D eigenvalue weighted by molar-refractivity contribution is 9.10. The van der Waals surface area contributed by atoms with E-state index in [1.165, 1.54) is 18.3 Å². The number of benzene rings is 1. The lowest BCUT2D eigenvalue weighted by atomic mass is 10.0. The van der Waals surface area contributed by atoms with Crippen LogP contribution in [0.1, 0.15) is 28.8 Å². The van der Waals surface area contributed by atoms with E-state index in [4.69, 9.17) is 0 Å². The SMILES string of the molecule is O=C(NC1(c2ccc(Br)cc2)CC1)c1ccc(OCC(F)(F)F)nc1. The number of aromatic nitrogens is 1. The van der Waals surface area contributed by atoms with Crippen molar-refractivity contribution in [3.8, 4) is 5.88 Å². The Balaban J connectivity index is 1.64. The van der Waals surface area contributed by atoms with Gasteiger partial charge in [-0.1, -0.05) is 28.1 Å². The Morgan fingerprint density at radius 2 is 1.88 bits per heavy atom. The van der Waals surface area contributed by atoms with Crippen molar-refractivity contribution in [2.45, 2.75) is 24.6 Å². The van der Waals surface area contributed by atoms with Gasteiger partial charge < -0.3 is 10.1 Å². The van der Waals surface area contributed by atoms with Gasteiger partial charge in [0.15, 0.2) is 6.61 Å². The number of nitrogens with zero attached hydrogens (tertiary/aromatic N) is 1. The van der Waals surface area contributed by atoms with Crippen molar-refractivity contribution < 1.29 is 22.7 Å². The Morgan fingerprint density at radius 1 is 1.20 bits per heavy atom. The summed E-state index contributed by atoms with van der Waals surface area (Å²) in [4.78, 5) is 16.1. The van der Waals surface area contributed by atoms with Gasteiger partial charge in [0.25, 0.3) is 5.91 Å². The first kappa shape index (κ1) is 17.7. The molecule has 1 aromatic heterocycles. The number of amides is 1. The second-order valence-electron chi connectivity index (χ2n) is 5.83. The standard InChI is InChI=1S/C17H14BrF3N2O2/c18-13-4-2-12(3-5-13)16(7-8-16)23-15(24)11-1-6-14(22-9-11)25-10-17(19,20)21/h1-6,9H,7-8,10H2,(H,23,24). The summed E-state index contributed by atoms with van der Waals surface area (Å²) in [5.41, 5.74) is 0.897. The van der Waals surface area contributed by atoms with Crippen LogP contribution in [0.2, 0.25) is 0 Å². The van der Waals surface area contributed by atoms with Gasteiger partial charge in [0, 0.05) is 16.7 Å². The molecule has 2 aromatic rings. The van der Waals surface area contributed by atoms with Gasteiger partial charge in [-0.3, -0.25) is 4.79 Å². The molecule has 0 atom stereocenters. The molecule has 0 radical (unpaired) electrons. The molecule has 132 valence electrons. The Morgan fingerprint density at radius 3 is 2.40 bits per heavy atom. The number of nitrogens with one attached hydrogen (secondary N) is 1. The molecular weight excluding hydrogens is 401 g/mol. The van der Waals surface area contributed by atoms with E-state index < -0.39 is 12.8 Å². The smallest absolute Gasteiger partial charge is 0.422 e. The molecule has 25 heavy (non-hydrogen) atoms. The minimum absolute atomic E-state index is 0.178. The van der Waals surface area contributed by atoms with Crippen LogP contribution < -0.4 is 10.1 Å². The molecule has 0 unspecified atom stereocenters. The number of rotatable bonds is 5. The van der Waals surface area contributed by atoms with Gasteiger partial charge in [-0.15, -0.1) is 0 Å². The summed E-state index contributed by atoms with van der Waals surface area (Å²) < 4.78 is 41.8. The van der Waals surface area contributed by atoms with Crippen LogP contribution in [0.25, 0.3) is 0 Å². The Hall–Kier alpha value is -2.09. The van der Waals surface area contributed by atoms with Crippen molar-refractivity contribution in [3.05, 3.63) is 58.2 Å². The highest BCUT2D eigenvalue weighted by Gasteiger charge is 2.45. The first-order valence-electron chi connectivity index (χ1n) is 7.52. The van der Waals surface area contributed by atoms with Gasteiger partial charge in [-0.25, -0.2) is 4.98 Å². The topological polar surface area (TPSA) is 51.2 Å². The lowest BCUT2D eigenvalue weighted by Gasteiger charge is -2.18. The minimum Gasteiger partial charge on any atom is -0.468 e. The highest BCUT2D eigenvalue weighted by atomic mass is 79.9. The van der Waals surface area contributed by atoms with Gasteiger partial charge >= 0.3 is 6.18 Å². The van der Waals surface area contributed by atoms with E-state index in [1.807, 2.05) is 24.3 Å². The molecule has 4 nitrogen and oxygen atoms in total. The second kappa shape index (κ2) is 6.67. The molecule has 3 rings (SSSR count). The number of halogens is 4. The number of hydrogen-bond donors (Lipinski definition) is 1. The maximum atomic E-state index is 12.4. The molecule has 1 aliphatic carbocycles. The van der Waals surface area contributed by atoms with Crippen molar-refractivity contribution in [2.24, 2.45) is 0 Å². The number of carbonyl (C=O) groups is 1. The Kier molecular flexibility index (Phi) is 4.73. The third-order valence-corrected chi connectivity index (χ3v) is 4.41. The summed E-state index contributed by atoms with van der Waals surface area (Å²) >= 11 is 3.37. The quantitative estimate of drug-likeness (QED) is 0.797. The maximum absolute atomic E-state index is 12.4. The summed E-state index contributed by atoms with van der Waals surface area (Å²) in [5.74, 6) is -0.502. The van der Waals surface area contributed by atoms with Gasteiger partial charge in [0.2, 0.25) is 5.88 Å². The molecule has 0 bridgehead atoms. The van der Waals surface area contributed by atoms with E-state index in [-0.39, 0.29) is 22.9 Å². The molecule has 0 spiro atoms. The van der Waals surface area contributed by atoms with E-state index in [0.29, 0.717) is 0 Å². The maximum Gasteiger partial charge on any atom is 0.422 e. The lowest BCUT2D eigenvalue weighted by Crippen LogP contribution is -2.34. The molecular formula is C17H14BrF3N2O2. The van der Waals surface area contributed by atoms with Gasteiger partial charge in [0.1, 0.15) is 0 Å². The predicted molar refractivity (Wildman–Crippen MR) is 88.3 cm³/mol.